The standard InChI is InChI=1S/C15H24N4S/c1-12(2)19(9-13-3-5-16-6-4-13)11-14-10-18-7-8-20-15(18)17-14/h7-8,10,12-13,16H,3-6,9,11H2,1-2H3. The molecule has 2 aromatic heterocycles. The van der Waals surface area contributed by atoms with Gasteiger partial charge in [0.2, 0.25) is 0 Å². The third-order valence-electron chi connectivity index (χ3n) is 4.19. The van der Waals surface area contributed by atoms with Gasteiger partial charge < -0.3 is 5.32 Å². The van der Waals surface area contributed by atoms with Gasteiger partial charge >= 0.3 is 0 Å². The van der Waals surface area contributed by atoms with Gasteiger partial charge in [0.15, 0.2) is 4.96 Å². The van der Waals surface area contributed by atoms with Crippen molar-refractivity contribution in [2.75, 3.05) is 19.6 Å². The van der Waals surface area contributed by atoms with E-state index in [4.69, 9.17) is 4.98 Å². The van der Waals surface area contributed by atoms with E-state index in [9.17, 15) is 0 Å². The molecule has 3 heterocycles. The average molecular weight is 292 g/mol. The van der Waals surface area contributed by atoms with Crippen LogP contribution in [0.2, 0.25) is 0 Å². The maximum Gasteiger partial charge on any atom is 0.193 e. The molecule has 1 N–H and O–H groups in total. The third kappa shape index (κ3) is 3.22. The molecule has 0 radical (unpaired) electrons. The van der Waals surface area contributed by atoms with Crippen LogP contribution in [0.25, 0.3) is 4.96 Å². The van der Waals surface area contributed by atoms with Crippen LogP contribution in [0.5, 0.6) is 0 Å². The minimum Gasteiger partial charge on any atom is -0.317 e. The highest BCUT2D eigenvalue weighted by molar-refractivity contribution is 7.15. The number of nitrogens with zero attached hydrogens (tertiary/aromatic N) is 3. The Morgan fingerprint density at radius 3 is 2.95 bits per heavy atom. The Bertz CT molecular complexity index is 510. The van der Waals surface area contributed by atoms with Gasteiger partial charge in [-0.2, -0.15) is 0 Å². The zero-order chi connectivity index (χ0) is 13.9. The van der Waals surface area contributed by atoms with Gasteiger partial charge in [0.25, 0.3) is 0 Å². The second-order valence-corrected chi connectivity index (χ2v) is 6.91. The molecule has 20 heavy (non-hydrogen) atoms. The Balaban J connectivity index is 1.65. The lowest BCUT2D eigenvalue weighted by atomic mass is 9.97. The number of aromatic nitrogens is 2. The molecule has 4 nitrogen and oxygen atoms in total. The lowest BCUT2D eigenvalue weighted by Crippen LogP contribution is -2.39. The molecule has 0 spiro atoms. The number of nitrogens with one attached hydrogen (secondary N) is 1. The fraction of sp³-hybridized carbons (Fsp3) is 0.667. The Kier molecular flexibility index (Phi) is 4.38. The first-order chi connectivity index (χ1) is 9.72. The molecule has 0 bridgehead atoms. The maximum absolute atomic E-state index is 4.72. The first-order valence-corrected chi connectivity index (χ1v) is 8.46. The van der Waals surface area contributed by atoms with Gasteiger partial charge in [-0.3, -0.25) is 9.30 Å². The number of hydrogen-bond acceptors (Lipinski definition) is 4. The molecule has 0 amide bonds. The summed E-state index contributed by atoms with van der Waals surface area (Å²) in [6.45, 7) is 9.10. The highest BCUT2D eigenvalue weighted by Gasteiger charge is 2.20. The van der Waals surface area contributed by atoms with Crippen molar-refractivity contribution < 1.29 is 0 Å². The first-order valence-electron chi connectivity index (χ1n) is 7.58. The van der Waals surface area contributed by atoms with Crippen LogP contribution in [0.1, 0.15) is 32.4 Å². The molecule has 1 fully saturated rings. The van der Waals surface area contributed by atoms with Crippen molar-refractivity contribution in [3.05, 3.63) is 23.5 Å². The Morgan fingerprint density at radius 1 is 1.45 bits per heavy atom. The van der Waals surface area contributed by atoms with E-state index in [0.717, 1.165) is 17.4 Å². The van der Waals surface area contributed by atoms with Crippen molar-refractivity contribution in [2.24, 2.45) is 5.92 Å². The summed E-state index contributed by atoms with van der Waals surface area (Å²) in [5, 5.41) is 5.53. The van der Waals surface area contributed by atoms with E-state index in [1.165, 1.54) is 38.2 Å². The summed E-state index contributed by atoms with van der Waals surface area (Å²) in [6.07, 6.45) is 6.87. The van der Waals surface area contributed by atoms with Gasteiger partial charge in [0.1, 0.15) is 0 Å². The van der Waals surface area contributed by atoms with Gasteiger partial charge in [0, 0.05) is 36.9 Å². The highest BCUT2D eigenvalue weighted by Crippen LogP contribution is 2.18. The van der Waals surface area contributed by atoms with Gasteiger partial charge in [-0.05, 0) is 45.7 Å². The van der Waals surface area contributed by atoms with E-state index in [0.29, 0.717) is 6.04 Å². The molecule has 0 aliphatic carbocycles. The Morgan fingerprint density at radius 2 is 2.25 bits per heavy atom. The van der Waals surface area contributed by atoms with Crippen molar-refractivity contribution in [3.63, 3.8) is 0 Å². The van der Waals surface area contributed by atoms with E-state index in [2.05, 4.69) is 46.2 Å². The number of fused-ring (bicyclic) bond motifs is 1. The number of thiazole rings is 1. The van der Waals surface area contributed by atoms with Crippen molar-refractivity contribution in [2.45, 2.75) is 39.3 Å². The van der Waals surface area contributed by atoms with Crippen molar-refractivity contribution in [1.82, 2.24) is 19.6 Å². The van der Waals surface area contributed by atoms with E-state index >= 15 is 0 Å². The molecular formula is C15H24N4S. The fourth-order valence-corrected chi connectivity index (χ4v) is 3.63. The van der Waals surface area contributed by atoms with Crippen LogP contribution in [-0.4, -0.2) is 40.0 Å². The van der Waals surface area contributed by atoms with Crippen LogP contribution in [0.3, 0.4) is 0 Å². The molecule has 110 valence electrons. The van der Waals surface area contributed by atoms with Gasteiger partial charge in [0.05, 0.1) is 5.69 Å². The first kappa shape index (κ1) is 14.0. The quantitative estimate of drug-likeness (QED) is 0.919. The number of rotatable bonds is 5. The van der Waals surface area contributed by atoms with Gasteiger partial charge in [-0.15, -0.1) is 11.3 Å². The zero-order valence-electron chi connectivity index (χ0n) is 12.4. The fourth-order valence-electron chi connectivity index (χ4n) is 2.91. The predicted octanol–water partition coefficient (Wildman–Crippen LogP) is 2.61. The van der Waals surface area contributed by atoms with Gasteiger partial charge in [-0.25, -0.2) is 4.98 Å². The third-order valence-corrected chi connectivity index (χ3v) is 4.96. The number of imidazole rings is 1. The lowest BCUT2D eigenvalue weighted by molar-refractivity contribution is 0.160. The van der Waals surface area contributed by atoms with E-state index in [-0.39, 0.29) is 0 Å². The summed E-state index contributed by atoms with van der Waals surface area (Å²) in [6, 6.07) is 0.574. The minimum atomic E-state index is 0.574. The van der Waals surface area contributed by atoms with Crippen molar-refractivity contribution in [1.29, 1.82) is 0 Å². The van der Waals surface area contributed by atoms with Crippen molar-refractivity contribution in [3.8, 4) is 0 Å². The number of piperidine rings is 1. The second kappa shape index (κ2) is 6.24. The molecule has 5 heteroatoms. The van der Waals surface area contributed by atoms with Crippen molar-refractivity contribution >= 4 is 16.3 Å². The molecule has 0 unspecified atom stereocenters. The Hall–Kier alpha value is -0.910. The van der Waals surface area contributed by atoms with E-state index in [1.54, 1.807) is 11.3 Å². The van der Waals surface area contributed by atoms with Crippen LogP contribution in [0, 0.1) is 5.92 Å². The topological polar surface area (TPSA) is 32.6 Å². The van der Waals surface area contributed by atoms with Crippen LogP contribution in [-0.2, 0) is 6.54 Å². The summed E-state index contributed by atoms with van der Waals surface area (Å²) in [5.74, 6) is 0.836. The van der Waals surface area contributed by atoms with Crippen LogP contribution >= 0.6 is 11.3 Å². The summed E-state index contributed by atoms with van der Waals surface area (Å²) in [4.78, 5) is 8.39. The average Bonchev–Trinajstić information content (AvgIpc) is 3.00. The van der Waals surface area contributed by atoms with Crippen LogP contribution in [0.4, 0.5) is 0 Å². The minimum absolute atomic E-state index is 0.574. The largest absolute Gasteiger partial charge is 0.317 e. The molecular weight excluding hydrogens is 268 g/mol. The maximum atomic E-state index is 4.72. The molecule has 0 saturated carbocycles. The van der Waals surface area contributed by atoms with Crippen LogP contribution in [0.15, 0.2) is 17.8 Å². The molecule has 0 aromatic carbocycles. The van der Waals surface area contributed by atoms with E-state index in [1.807, 2.05) is 0 Å². The Labute approximate surface area is 124 Å². The summed E-state index contributed by atoms with van der Waals surface area (Å²) in [7, 11) is 0. The van der Waals surface area contributed by atoms with Crippen LogP contribution < -0.4 is 5.32 Å². The molecule has 3 rings (SSSR count). The summed E-state index contributed by atoms with van der Waals surface area (Å²) in [5.41, 5.74) is 1.19. The molecule has 0 atom stereocenters. The summed E-state index contributed by atoms with van der Waals surface area (Å²) >= 11 is 1.70. The normalized spacial score (nSPS) is 17.6. The highest BCUT2D eigenvalue weighted by atomic mass is 32.1. The van der Waals surface area contributed by atoms with E-state index < -0.39 is 0 Å². The number of hydrogen-bond donors (Lipinski definition) is 1. The van der Waals surface area contributed by atoms with Gasteiger partial charge in [-0.1, -0.05) is 0 Å². The monoisotopic (exact) mass is 292 g/mol. The molecule has 1 aliphatic rings. The second-order valence-electron chi connectivity index (χ2n) is 6.04. The lowest BCUT2D eigenvalue weighted by Gasteiger charge is -2.32. The zero-order valence-corrected chi connectivity index (χ0v) is 13.2. The predicted molar refractivity (Wildman–Crippen MR) is 84.2 cm³/mol. The molecule has 1 aliphatic heterocycles. The molecule has 2 aromatic rings. The molecule has 1 saturated heterocycles. The summed E-state index contributed by atoms with van der Waals surface area (Å²) < 4.78 is 2.13. The smallest absolute Gasteiger partial charge is 0.193 e. The SMILES string of the molecule is CC(C)N(Cc1cn2ccsc2n1)CC1CCNCC1.